The molecule has 3 heterocycles. The number of nitrogens with one attached hydrogen (secondary N) is 1. The summed E-state index contributed by atoms with van der Waals surface area (Å²) in [5.41, 5.74) is 2.43. The number of nitrogens with zero attached hydrogens (tertiary/aromatic N) is 2. The first kappa shape index (κ1) is 16.8. The molecule has 0 unspecified atom stereocenters. The summed E-state index contributed by atoms with van der Waals surface area (Å²) in [5.74, 6) is 0.172. The molecule has 1 N–H and O–H groups in total. The van der Waals surface area contributed by atoms with E-state index in [0.29, 0.717) is 29.1 Å². The summed E-state index contributed by atoms with van der Waals surface area (Å²) in [5, 5.41) is 3.32. The second-order valence-electron chi connectivity index (χ2n) is 6.06. The number of anilines is 1. The first-order valence-corrected chi connectivity index (χ1v) is 8.40. The van der Waals surface area contributed by atoms with Gasteiger partial charge in [-0.3, -0.25) is 9.78 Å². The molecule has 1 atom stereocenters. The Bertz CT molecular complexity index is 967. The SMILES string of the molecule is COC(=O)c1ccc(N[C@@H]2c3ncccc3C(=O)N2Cc2ccco2)cc1. The van der Waals surface area contributed by atoms with Crippen LogP contribution in [0.15, 0.2) is 65.4 Å². The zero-order valence-electron chi connectivity index (χ0n) is 14.6. The van der Waals surface area contributed by atoms with Crippen LogP contribution >= 0.6 is 0 Å². The average Bonchev–Trinajstić information content (AvgIpc) is 3.31. The van der Waals surface area contributed by atoms with E-state index in [9.17, 15) is 9.59 Å². The second-order valence-corrected chi connectivity index (χ2v) is 6.06. The molecule has 136 valence electrons. The molecule has 1 aliphatic rings. The van der Waals surface area contributed by atoms with Gasteiger partial charge in [-0.2, -0.15) is 0 Å². The molecule has 27 heavy (non-hydrogen) atoms. The van der Waals surface area contributed by atoms with Crippen LogP contribution in [0, 0.1) is 0 Å². The monoisotopic (exact) mass is 363 g/mol. The molecule has 0 radical (unpaired) electrons. The molecular formula is C20H17N3O4. The molecule has 4 rings (SSSR count). The van der Waals surface area contributed by atoms with Crippen LogP contribution in [-0.2, 0) is 11.3 Å². The number of hydrogen-bond acceptors (Lipinski definition) is 6. The maximum absolute atomic E-state index is 12.8. The summed E-state index contributed by atoms with van der Waals surface area (Å²) in [6.45, 7) is 0.320. The zero-order chi connectivity index (χ0) is 18.8. The van der Waals surface area contributed by atoms with Gasteiger partial charge >= 0.3 is 5.97 Å². The van der Waals surface area contributed by atoms with Gasteiger partial charge < -0.3 is 19.4 Å². The first-order chi connectivity index (χ1) is 13.2. The Morgan fingerprint density at radius 3 is 2.74 bits per heavy atom. The Hall–Kier alpha value is -3.61. The van der Waals surface area contributed by atoms with Crippen molar-refractivity contribution in [1.29, 1.82) is 0 Å². The highest BCUT2D eigenvalue weighted by molar-refractivity contribution is 5.99. The lowest BCUT2D eigenvalue weighted by Crippen LogP contribution is -2.32. The normalized spacial score (nSPS) is 15.5. The summed E-state index contributed by atoms with van der Waals surface area (Å²) < 4.78 is 10.1. The van der Waals surface area contributed by atoms with Gasteiger partial charge in [-0.05, 0) is 48.5 Å². The molecule has 1 aromatic carbocycles. The van der Waals surface area contributed by atoms with Crippen molar-refractivity contribution in [2.24, 2.45) is 0 Å². The summed E-state index contributed by atoms with van der Waals surface area (Å²) in [6, 6.07) is 14.0. The molecule has 0 saturated heterocycles. The summed E-state index contributed by atoms with van der Waals surface area (Å²) in [4.78, 5) is 30.5. The number of pyridine rings is 1. The third-order valence-electron chi connectivity index (χ3n) is 4.42. The van der Waals surface area contributed by atoms with Crippen LogP contribution < -0.4 is 5.32 Å². The van der Waals surface area contributed by atoms with E-state index in [2.05, 4.69) is 10.3 Å². The molecular weight excluding hydrogens is 346 g/mol. The third kappa shape index (κ3) is 3.15. The number of hydrogen-bond donors (Lipinski definition) is 1. The molecule has 7 heteroatoms. The van der Waals surface area contributed by atoms with Gasteiger partial charge in [0.25, 0.3) is 5.91 Å². The number of fused-ring (bicyclic) bond motifs is 1. The lowest BCUT2D eigenvalue weighted by molar-refractivity contribution is 0.0600. The fourth-order valence-corrected chi connectivity index (χ4v) is 3.09. The van der Waals surface area contributed by atoms with Gasteiger partial charge in [0.05, 0.1) is 36.7 Å². The minimum Gasteiger partial charge on any atom is -0.467 e. The molecule has 0 spiro atoms. The van der Waals surface area contributed by atoms with E-state index in [-0.39, 0.29) is 5.91 Å². The minimum absolute atomic E-state index is 0.113. The van der Waals surface area contributed by atoms with Gasteiger partial charge in [-0.15, -0.1) is 0 Å². The quantitative estimate of drug-likeness (QED) is 0.701. The van der Waals surface area contributed by atoms with Crippen LogP contribution in [0.1, 0.15) is 38.3 Å². The lowest BCUT2D eigenvalue weighted by atomic mass is 10.2. The van der Waals surface area contributed by atoms with Crippen LogP contribution in [0.3, 0.4) is 0 Å². The van der Waals surface area contributed by atoms with Crippen LogP contribution in [0.4, 0.5) is 5.69 Å². The maximum atomic E-state index is 12.8. The number of aromatic nitrogens is 1. The minimum atomic E-state index is -0.442. The Labute approximate surface area is 155 Å². The van der Waals surface area contributed by atoms with Gasteiger partial charge in [0.2, 0.25) is 0 Å². The van der Waals surface area contributed by atoms with E-state index in [0.717, 1.165) is 5.69 Å². The number of esters is 1. The van der Waals surface area contributed by atoms with Crippen LogP contribution in [0.2, 0.25) is 0 Å². The van der Waals surface area contributed by atoms with Gasteiger partial charge in [0.1, 0.15) is 11.9 Å². The van der Waals surface area contributed by atoms with Crippen molar-refractivity contribution in [3.63, 3.8) is 0 Å². The summed E-state index contributed by atoms with van der Waals surface area (Å²) >= 11 is 0. The number of furan rings is 1. The van der Waals surface area contributed by atoms with Crippen molar-refractivity contribution in [3.05, 3.63) is 83.6 Å². The van der Waals surface area contributed by atoms with E-state index in [1.54, 1.807) is 59.8 Å². The predicted molar refractivity (Wildman–Crippen MR) is 97.0 cm³/mol. The van der Waals surface area contributed by atoms with E-state index >= 15 is 0 Å². The summed E-state index contributed by atoms with van der Waals surface area (Å²) in [6.07, 6.45) is 2.80. The van der Waals surface area contributed by atoms with Crippen molar-refractivity contribution >= 4 is 17.6 Å². The standard InChI is InChI=1S/C20H17N3O4/c1-26-20(25)13-6-8-14(9-7-13)22-18-17-16(5-2-10-21-17)19(24)23(18)12-15-4-3-11-27-15/h2-11,18,22H,12H2,1H3/t18-/m0/s1. The Morgan fingerprint density at radius 2 is 2.04 bits per heavy atom. The highest BCUT2D eigenvalue weighted by Crippen LogP contribution is 2.34. The van der Waals surface area contributed by atoms with E-state index in [1.807, 2.05) is 6.07 Å². The topological polar surface area (TPSA) is 84.7 Å². The highest BCUT2D eigenvalue weighted by atomic mass is 16.5. The molecule has 0 fully saturated rings. The molecule has 7 nitrogen and oxygen atoms in total. The van der Waals surface area contributed by atoms with E-state index in [4.69, 9.17) is 9.15 Å². The molecule has 3 aromatic rings. The fourth-order valence-electron chi connectivity index (χ4n) is 3.09. The number of rotatable bonds is 5. The number of carbonyl (C=O) groups excluding carboxylic acids is 2. The predicted octanol–water partition coefficient (Wildman–Crippen LogP) is 3.23. The maximum Gasteiger partial charge on any atom is 0.337 e. The molecule has 0 bridgehead atoms. The average molecular weight is 363 g/mol. The van der Waals surface area contributed by atoms with E-state index < -0.39 is 12.1 Å². The van der Waals surface area contributed by atoms with Gasteiger partial charge in [-0.25, -0.2) is 4.79 Å². The Morgan fingerprint density at radius 1 is 1.22 bits per heavy atom. The van der Waals surface area contributed by atoms with Crippen molar-refractivity contribution in [2.75, 3.05) is 12.4 Å². The Kier molecular flexibility index (Phi) is 4.33. The number of benzene rings is 1. The second kappa shape index (κ2) is 6.95. The molecule has 1 aliphatic heterocycles. The number of ether oxygens (including phenoxy) is 1. The largest absolute Gasteiger partial charge is 0.467 e. The zero-order valence-corrected chi connectivity index (χ0v) is 14.6. The molecule has 0 aliphatic carbocycles. The number of amides is 1. The van der Waals surface area contributed by atoms with Gasteiger partial charge in [0.15, 0.2) is 0 Å². The molecule has 2 aromatic heterocycles. The summed E-state index contributed by atoms with van der Waals surface area (Å²) in [7, 11) is 1.34. The van der Waals surface area contributed by atoms with Crippen LogP contribution in [0.25, 0.3) is 0 Å². The van der Waals surface area contributed by atoms with E-state index in [1.165, 1.54) is 7.11 Å². The molecule has 0 saturated carbocycles. The smallest absolute Gasteiger partial charge is 0.337 e. The number of methoxy groups -OCH3 is 1. The highest BCUT2D eigenvalue weighted by Gasteiger charge is 2.38. The van der Waals surface area contributed by atoms with Crippen molar-refractivity contribution in [2.45, 2.75) is 12.7 Å². The lowest BCUT2D eigenvalue weighted by Gasteiger charge is -2.25. The molecule has 1 amide bonds. The third-order valence-corrected chi connectivity index (χ3v) is 4.42. The Balaban J connectivity index is 1.63. The first-order valence-electron chi connectivity index (χ1n) is 8.40. The van der Waals surface area contributed by atoms with Crippen molar-refractivity contribution in [3.8, 4) is 0 Å². The van der Waals surface area contributed by atoms with Crippen LogP contribution in [0.5, 0.6) is 0 Å². The van der Waals surface area contributed by atoms with Gasteiger partial charge in [-0.1, -0.05) is 0 Å². The van der Waals surface area contributed by atoms with Crippen molar-refractivity contribution < 1.29 is 18.7 Å². The van der Waals surface area contributed by atoms with Gasteiger partial charge in [0, 0.05) is 11.9 Å². The number of carbonyl (C=O) groups is 2. The van der Waals surface area contributed by atoms with Crippen LogP contribution in [-0.4, -0.2) is 28.9 Å². The van der Waals surface area contributed by atoms with Crippen molar-refractivity contribution in [1.82, 2.24) is 9.88 Å². The fraction of sp³-hybridized carbons (Fsp3) is 0.150.